The van der Waals surface area contributed by atoms with E-state index in [1.807, 2.05) is 5.38 Å². The van der Waals surface area contributed by atoms with Gasteiger partial charge in [-0.05, 0) is 42.5 Å². The fraction of sp³-hybridized carbons (Fsp3) is 0.167. The molecule has 0 saturated heterocycles. The maximum Gasteiger partial charge on any atom is 0.260 e. The van der Waals surface area contributed by atoms with E-state index in [0.717, 1.165) is 26.9 Å². The number of thioether (sulfide) groups is 1. The van der Waals surface area contributed by atoms with Crippen LogP contribution in [0.3, 0.4) is 0 Å². The summed E-state index contributed by atoms with van der Waals surface area (Å²) in [4.78, 5) is 24.7. The summed E-state index contributed by atoms with van der Waals surface area (Å²) >= 11 is 9.30. The quantitative estimate of drug-likeness (QED) is 0.302. The third kappa shape index (κ3) is 3.05. The van der Waals surface area contributed by atoms with Crippen LogP contribution in [0.1, 0.15) is 16.7 Å². The van der Waals surface area contributed by atoms with Crippen molar-refractivity contribution in [3.8, 4) is 0 Å². The van der Waals surface area contributed by atoms with Gasteiger partial charge >= 0.3 is 0 Å². The highest BCUT2D eigenvalue weighted by Crippen LogP contribution is 2.29. The molecule has 0 aliphatic carbocycles. The lowest BCUT2D eigenvalue weighted by Crippen LogP contribution is -2.07. The summed E-state index contributed by atoms with van der Waals surface area (Å²) in [6.07, 6.45) is 0. The monoisotopic (exact) mass is 387 g/mol. The van der Waals surface area contributed by atoms with Crippen LogP contribution in [-0.2, 0) is 5.75 Å². The lowest BCUT2D eigenvalue weighted by Gasteiger charge is -2.09. The molecule has 0 radical (unpaired) electrons. The number of nitrogens with one attached hydrogen (secondary N) is 1. The smallest absolute Gasteiger partial charge is 0.260 e. The molecule has 0 unspecified atom stereocenters. The zero-order valence-corrected chi connectivity index (χ0v) is 16.0. The molecule has 4 aromatic rings. The van der Waals surface area contributed by atoms with Crippen molar-refractivity contribution in [2.45, 2.75) is 24.8 Å². The van der Waals surface area contributed by atoms with Gasteiger partial charge in [-0.1, -0.05) is 35.5 Å². The largest absolute Gasteiger partial charge is 0.301 e. The molecule has 0 aliphatic rings. The molecule has 25 heavy (non-hydrogen) atoms. The average molecular weight is 388 g/mol. The van der Waals surface area contributed by atoms with Gasteiger partial charge in [-0.2, -0.15) is 0 Å². The molecule has 0 bridgehead atoms. The van der Waals surface area contributed by atoms with Gasteiger partial charge in [-0.15, -0.1) is 11.3 Å². The van der Waals surface area contributed by atoms with Gasteiger partial charge in [0.1, 0.15) is 9.98 Å². The van der Waals surface area contributed by atoms with Crippen molar-refractivity contribution in [3.63, 3.8) is 0 Å². The second-order valence-electron chi connectivity index (χ2n) is 5.82. The Hall–Kier alpha value is -1.89. The third-order valence-corrected chi connectivity index (χ3v) is 6.27. The van der Waals surface area contributed by atoms with Crippen molar-refractivity contribution in [2.75, 3.05) is 0 Å². The van der Waals surface area contributed by atoms with Gasteiger partial charge in [0.15, 0.2) is 5.16 Å². The maximum absolute atomic E-state index is 12.0. The average Bonchev–Trinajstić information content (AvgIpc) is 3.06. The molecule has 0 saturated carbocycles. The minimum atomic E-state index is -0.109. The van der Waals surface area contributed by atoms with Crippen molar-refractivity contribution in [3.05, 3.63) is 61.8 Å². The van der Waals surface area contributed by atoms with E-state index < -0.39 is 0 Å². The van der Waals surface area contributed by atoms with Gasteiger partial charge in [-0.25, -0.2) is 9.97 Å². The van der Waals surface area contributed by atoms with Gasteiger partial charge in [0.2, 0.25) is 0 Å². The van der Waals surface area contributed by atoms with E-state index in [2.05, 4.69) is 47.0 Å². The molecule has 126 valence electrons. The van der Waals surface area contributed by atoms with Gasteiger partial charge in [0, 0.05) is 16.7 Å². The number of aromatic amines is 1. The highest BCUT2D eigenvalue weighted by molar-refractivity contribution is 7.98. The predicted octanol–water partition coefficient (Wildman–Crippen LogP) is 5.10. The molecule has 0 aliphatic heterocycles. The summed E-state index contributed by atoms with van der Waals surface area (Å²) in [7, 11) is 0. The summed E-state index contributed by atoms with van der Waals surface area (Å²) in [6, 6.07) is 8.00. The molecule has 0 spiro atoms. The van der Waals surface area contributed by atoms with Crippen LogP contribution in [-0.4, -0.2) is 15.0 Å². The lowest BCUT2D eigenvalue weighted by atomic mass is 10.0. The Balaban J connectivity index is 1.67. The number of rotatable bonds is 3. The molecular weight excluding hydrogens is 374 g/mol. The Kier molecular flexibility index (Phi) is 4.27. The zero-order chi connectivity index (χ0) is 17.6. The first-order valence-corrected chi connectivity index (χ1v) is 9.93. The number of benzene rings is 1. The molecule has 7 heteroatoms. The van der Waals surface area contributed by atoms with Gasteiger partial charge in [-0.3, -0.25) is 4.79 Å². The number of halogens is 1. The highest BCUT2D eigenvalue weighted by Gasteiger charge is 2.11. The molecule has 1 N–H and O–H groups in total. The van der Waals surface area contributed by atoms with E-state index in [1.54, 1.807) is 6.07 Å². The number of hydrogen-bond donors (Lipinski definition) is 1. The first-order valence-electron chi connectivity index (χ1n) is 7.68. The van der Waals surface area contributed by atoms with E-state index in [-0.39, 0.29) is 5.56 Å². The van der Waals surface area contributed by atoms with Crippen molar-refractivity contribution >= 4 is 55.8 Å². The highest BCUT2D eigenvalue weighted by atomic mass is 35.5. The van der Waals surface area contributed by atoms with E-state index in [0.29, 0.717) is 21.4 Å². The van der Waals surface area contributed by atoms with Crippen molar-refractivity contribution in [2.24, 2.45) is 0 Å². The zero-order valence-electron chi connectivity index (χ0n) is 13.6. The summed E-state index contributed by atoms with van der Waals surface area (Å²) in [5.41, 5.74) is 4.10. The number of aryl methyl sites for hydroxylation is 2. The molecular formula is C18H14ClN3OS2. The number of fused-ring (bicyclic) bond motifs is 2. The summed E-state index contributed by atoms with van der Waals surface area (Å²) in [5, 5.41) is 4.66. The van der Waals surface area contributed by atoms with Crippen LogP contribution in [0.2, 0.25) is 5.15 Å². The Bertz CT molecular complexity index is 1170. The molecule has 0 fully saturated rings. The van der Waals surface area contributed by atoms with Crippen LogP contribution < -0.4 is 5.56 Å². The van der Waals surface area contributed by atoms with Crippen molar-refractivity contribution in [1.82, 2.24) is 15.0 Å². The topological polar surface area (TPSA) is 58.6 Å². The van der Waals surface area contributed by atoms with Gasteiger partial charge in [0.05, 0.1) is 10.9 Å². The minimum absolute atomic E-state index is 0.109. The number of hydrogen-bond acceptors (Lipinski definition) is 5. The fourth-order valence-corrected chi connectivity index (χ4v) is 4.61. The predicted molar refractivity (Wildman–Crippen MR) is 106 cm³/mol. The number of H-pyrrole nitrogens is 1. The van der Waals surface area contributed by atoms with E-state index in [1.165, 1.54) is 28.7 Å². The molecule has 3 aromatic heterocycles. The van der Waals surface area contributed by atoms with Crippen LogP contribution >= 0.6 is 34.7 Å². The summed E-state index contributed by atoms with van der Waals surface area (Å²) in [5.74, 6) is 0.592. The summed E-state index contributed by atoms with van der Waals surface area (Å²) in [6.45, 7) is 4.12. The minimum Gasteiger partial charge on any atom is -0.301 e. The Morgan fingerprint density at radius 1 is 1.24 bits per heavy atom. The standard InChI is InChI=1S/C18H14ClN3OS2/c1-9-3-4-11-7-12(15(19)20-14(11)10(9)2)8-25-18-21-16(23)13-5-6-24-17(13)22-18/h3-7H,8H2,1-2H3,(H,21,22,23). The Morgan fingerprint density at radius 2 is 2.08 bits per heavy atom. The first kappa shape index (κ1) is 16.6. The molecule has 4 rings (SSSR count). The molecule has 0 atom stereocenters. The number of aromatic nitrogens is 3. The lowest BCUT2D eigenvalue weighted by molar-refractivity contribution is 0.979. The molecule has 3 heterocycles. The number of pyridine rings is 1. The van der Waals surface area contributed by atoms with Crippen LogP contribution in [0, 0.1) is 13.8 Å². The molecule has 4 nitrogen and oxygen atoms in total. The van der Waals surface area contributed by atoms with Crippen LogP contribution in [0.4, 0.5) is 0 Å². The van der Waals surface area contributed by atoms with Gasteiger partial charge < -0.3 is 4.98 Å². The molecule has 1 aromatic carbocycles. The van der Waals surface area contributed by atoms with Crippen LogP contribution in [0.5, 0.6) is 0 Å². The third-order valence-electron chi connectivity index (χ3n) is 4.22. The van der Waals surface area contributed by atoms with E-state index in [4.69, 9.17) is 11.6 Å². The normalized spacial score (nSPS) is 11.5. The second kappa shape index (κ2) is 6.44. The number of nitrogens with zero attached hydrogens (tertiary/aromatic N) is 2. The SMILES string of the molecule is Cc1ccc2cc(CSc3nc4sccc4c(=O)[nH]3)c(Cl)nc2c1C. The van der Waals surface area contributed by atoms with Crippen molar-refractivity contribution < 1.29 is 0 Å². The maximum atomic E-state index is 12.0. The van der Waals surface area contributed by atoms with Crippen LogP contribution in [0.25, 0.3) is 21.1 Å². The number of thiophene rings is 1. The Morgan fingerprint density at radius 3 is 2.92 bits per heavy atom. The fourth-order valence-electron chi connectivity index (χ4n) is 2.67. The Labute approximate surface area is 157 Å². The van der Waals surface area contributed by atoms with Gasteiger partial charge in [0.25, 0.3) is 5.56 Å². The van der Waals surface area contributed by atoms with E-state index >= 15 is 0 Å². The second-order valence-corrected chi connectivity index (χ2v) is 8.03. The van der Waals surface area contributed by atoms with Crippen molar-refractivity contribution in [1.29, 1.82) is 0 Å². The summed E-state index contributed by atoms with van der Waals surface area (Å²) < 4.78 is 0. The molecule has 0 amide bonds. The van der Waals surface area contributed by atoms with E-state index in [9.17, 15) is 4.79 Å². The van der Waals surface area contributed by atoms with Crippen LogP contribution in [0.15, 0.2) is 39.6 Å². The first-order chi connectivity index (χ1) is 12.0.